The molecule has 142 valence electrons. The number of aliphatic imine (C=N–C) groups is 1. The van der Waals surface area contributed by atoms with Crippen molar-refractivity contribution in [1.29, 1.82) is 0 Å². The largest absolute Gasteiger partial charge is 0.478 e. The number of guanidine groups is 1. The molecule has 0 amide bonds. The summed E-state index contributed by atoms with van der Waals surface area (Å²) in [6.07, 6.45) is 6.72. The maximum atomic E-state index is 5.50. The highest BCUT2D eigenvalue weighted by Crippen LogP contribution is 2.13. The number of nitrogens with zero attached hydrogens (tertiary/aromatic N) is 3. The zero-order valence-electron chi connectivity index (χ0n) is 15.9. The van der Waals surface area contributed by atoms with Gasteiger partial charge >= 0.3 is 0 Å². The van der Waals surface area contributed by atoms with E-state index in [1.807, 2.05) is 24.5 Å². The van der Waals surface area contributed by atoms with E-state index in [-0.39, 0.29) is 0 Å². The molecule has 2 heterocycles. The number of ether oxygens (including phenoxy) is 1. The van der Waals surface area contributed by atoms with Crippen LogP contribution in [-0.4, -0.2) is 35.6 Å². The van der Waals surface area contributed by atoms with Gasteiger partial charge in [0.25, 0.3) is 0 Å². The van der Waals surface area contributed by atoms with Crippen LogP contribution in [0.15, 0.2) is 29.5 Å². The molecule has 0 radical (unpaired) electrons. The Morgan fingerprint density at radius 3 is 2.69 bits per heavy atom. The van der Waals surface area contributed by atoms with Crippen molar-refractivity contribution in [3.8, 4) is 5.88 Å². The van der Waals surface area contributed by atoms with Crippen LogP contribution in [0.5, 0.6) is 5.88 Å². The Hall–Kier alpha value is -2.15. The number of hydrogen-bond acceptors (Lipinski definition) is 5. The summed E-state index contributed by atoms with van der Waals surface area (Å²) in [6.45, 7) is 9.20. The van der Waals surface area contributed by atoms with Crippen molar-refractivity contribution in [2.75, 3.05) is 19.7 Å². The van der Waals surface area contributed by atoms with Gasteiger partial charge in [-0.15, -0.1) is 11.3 Å². The molecule has 0 aromatic carbocycles. The van der Waals surface area contributed by atoms with E-state index in [0.29, 0.717) is 19.0 Å². The summed E-state index contributed by atoms with van der Waals surface area (Å²) in [4.78, 5) is 14.7. The van der Waals surface area contributed by atoms with Crippen molar-refractivity contribution in [2.45, 2.75) is 46.6 Å². The number of aryl methyl sites for hydroxylation is 1. The van der Waals surface area contributed by atoms with Gasteiger partial charge in [0.2, 0.25) is 5.88 Å². The fraction of sp³-hybridized carbons (Fsp3) is 0.526. The first-order valence-electron chi connectivity index (χ1n) is 9.28. The van der Waals surface area contributed by atoms with Gasteiger partial charge in [0.1, 0.15) is 0 Å². The molecule has 0 spiro atoms. The first kappa shape index (κ1) is 20.2. The summed E-state index contributed by atoms with van der Waals surface area (Å²) >= 11 is 1.78. The quantitative estimate of drug-likeness (QED) is 0.493. The third-order valence-electron chi connectivity index (χ3n) is 3.60. The predicted molar refractivity (Wildman–Crippen MR) is 108 cm³/mol. The van der Waals surface area contributed by atoms with Gasteiger partial charge in [0.15, 0.2) is 5.96 Å². The Bertz CT molecular complexity index is 669. The third kappa shape index (κ3) is 7.00. The standard InChI is InChI=1S/C19H29N5OS/c1-4-11-25-17-8-7-15(12-22-17)13-24-19(20-6-3)21-10-9-18-23-14-16(5-2)26-18/h7-8,12,14H,4-6,9-11,13H2,1-3H3,(H2,20,21,24). The highest BCUT2D eigenvalue weighted by Gasteiger charge is 2.02. The van der Waals surface area contributed by atoms with Crippen LogP contribution in [0.2, 0.25) is 0 Å². The molecule has 0 aliphatic carbocycles. The van der Waals surface area contributed by atoms with Crippen LogP contribution in [0.25, 0.3) is 0 Å². The second-order valence-corrected chi connectivity index (χ2v) is 7.00. The Balaban J connectivity index is 1.83. The zero-order chi connectivity index (χ0) is 18.6. The van der Waals surface area contributed by atoms with E-state index in [0.717, 1.165) is 48.9 Å². The second kappa shape index (κ2) is 11.5. The highest BCUT2D eigenvalue weighted by atomic mass is 32.1. The van der Waals surface area contributed by atoms with Crippen molar-refractivity contribution in [1.82, 2.24) is 20.6 Å². The molecule has 26 heavy (non-hydrogen) atoms. The van der Waals surface area contributed by atoms with E-state index < -0.39 is 0 Å². The first-order chi connectivity index (χ1) is 12.7. The molecule has 2 aromatic rings. The number of nitrogens with one attached hydrogen (secondary N) is 2. The topological polar surface area (TPSA) is 71.4 Å². The minimum absolute atomic E-state index is 0.577. The monoisotopic (exact) mass is 375 g/mol. The summed E-state index contributed by atoms with van der Waals surface area (Å²) in [5.41, 5.74) is 1.05. The molecular formula is C19H29N5OS. The van der Waals surface area contributed by atoms with Gasteiger partial charge in [-0.2, -0.15) is 0 Å². The summed E-state index contributed by atoms with van der Waals surface area (Å²) in [6, 6.07) is 3.90. The molecule has 0 atom stereocenters. The van der Waals surface area contributed by atoms with Crippen molar-refractivity contribution in [3.63, 3.8) is 0 Å². The van der Waals surface area contributed by atoms with E-state index in [2.05, 4.69) is 46.4 Å². The van der Waals surface area contributed by atoms with E-state index >= 15 is 0 Å². The molecule has 0 saturated heterocycles. The minimum Gasteiger partial charge on any atom is -0.478 e. The van der Waals surface area contributed by atoms with Crippen LogP contribution in [0.1, 0.15) is 42.6 Å². The number of pyridine rings is 1. The van der Waals surface area contributed by atoms with Gasteiger partial charge in [-0.25, -0.2) is 15.0 Å². The Morgan fingerprint density at radius 2 is 2.04 bits per heavy atom. The average Bonchev–Trinajstić information content (AvgIpc) is 3.13. The molecule has 0 aliphatic heterocycles. The fourth-order valence-electron chi connectivity index (χ4n) is 2.22. The Morgan fingerprint density at radius 1 is 1.15 bits per heavy atom. The van der Waals surface area contributed by atoms with E-state index in [9.17, 15) is 0 Å². The predicted octanol–water partition coefficient (Wildman–Crippen LogP) is 3.19. The molecular weight excluding hydrogens is 346 g/mol. The molecule has 0 bridgehead atoms. The van der Waals surface area contributed by atoms with Crippen molar-refractivity contribution >= 4 is 17.3 Å². The molecule has 2 aromatic heterocycles. The Kier molecular flexibility index (Phi) is 8.89. The molecule has 7 heteroatoms. The van der Waals surface area contributed by atoms with Gasteiger partial charge in [0, 0.05) is 42.8 Å². The second-order valence-electron chi connectivity index (χ2n) is 5.80. The number of thiazole rings is 1. The lowest BCUT2D eigenvalue weighted by atomic mass is 10.3. The van der Waals surface area contributed by atoms with E-state index in [1.165, 1.54) is 4.88 Å². The molecule has 2 N–H and O–H groups in total. The molecule has 2 rings (SSSR count). The molecule has 0 saturated carbocycles. The lowest BCUT2D eigenvalue weighted by Crippen LogP contribution is -2.38. The SMILES string of the molecule is CCCOc1ccc(CN=C(NCC)NCCc2ncc(CC)s2)cn1. The van der Waals surface area contributed by atoms with Crippen molar-refractivity contribution < 1.29 is 4.74 Å². The normalized spacial score (nSPS) is 11.4. The minimum atomic E-state index is 0.577. The third-order valence-corrected chi connectivity index (χ3v) is 4.80. The van der Waals surface area contributed by atoms with E-state index in [4.69, 9.17) is 4.74 Å². The maximum absolute atomic E-state index is 5.50. The van der Waals surface area contributed by atoms with Gasteiger partial charge in [-0.1, -0.05) is 19.9 Å². The van der Waals surface area contributed by atoms with Crippen LogP contribution in [-0.2, 0) is 19.4 Å². The summed E-state index contributed by atoms with van der Waals surface area (Å²) in [5, 5.41) is 7.80. The van der Waals surface area contributed by atoms with Gasteiger partial charge in [0.05, 0.1) is 18.2 Å². The zero-order valence-corrected chi connectivity index (χ0v) is 16.7. The summed E-state index contributed by atoms with van der Waals surface area (Å²) < 4.78 is 5.50. The molecule has 0 unspecified atom stereocenters. The number of aromatic nitrogens is 2. The molecule has 0 aliphatic rings. The van der Waals surface area contributed by atoms with Crippen LogP contribution in [0.4, 0.5) is 0 Å². The lowest BCUT2D eigenvalue weighted by molar-refractivity contribution is 0.305. The van der Waals surface area contributed by atoms with Crippen molar-refractivity contribution in [2.24, 2.45) is 4.99 Å². The van der Waals surface area contributed by atoms with Crippen LogP contribution >= 0.6 is 11.3 Å². The average molecular weight is 376 g/mol. The smallest absolute Gasteiger partial charge is 0.213 e. The molecule has 6 nitrogen and oxygen atoms in total. The van der Waals surface area contributed by atoms with Crippen LogP contribution in [0, 0.1) is 0 Å². The summed E-state index contributed by atoms with van der Waals surface area (Å²) in [7, 11) is 0. The highest BCUT2D eigenvalue weighted by molar-refractivity contribution is 7.11. The Labute approximate surface area is 160 Å². The van der Waals surface area contributed by atoms with Gasteiger partial charge < -0.3 is 15.4 Å². The van der Waals surface area contributed by atoms with Crippen molar-refractivity contribution in [3.05, 3.63) is 40.0 Å². The van der Waals surface area contributed by atoms with Gasteiger partial charge in [-0.3, -0.25) is 0 Å². The van der Waals surface area contributed by atoms with E-state index in [1.54, 1.807) is 11.3 Å². The number of rotatable bonds is 10. The van der Waals surface area contributed by atoms with Crippen LogP contribution < -0.4 is 15.4 Å². The fourth-order valence-corrected chi connectivity index (χ4v) is 3.09. The molecule has 0 fully saturated rings. The summed E-state index contributed by atoms with van der Waals surface area (Å²) in [5.74, 6) is 1.48. The van der Waals surface area contributed by atoms with Crippen LogP contribution in [0.3, 0.4) is 0 Å². The maximum Gasteiger partial charge on any atom is 0.213 e. The lowest BCUT2D eigenvalue weighted by Gasteiger charge is -2.10. The van der Waals surface area contributed by atoms with Gasteiger partial charge in [-0.05, 0) is 25.3 Å². The first-order valence-corrected chi connectivity index (χ1v) is 10.1. The number of hydrogen-bond donors (Lipinski definition) is 2.